The average molecular weight is 358 g/mol. The number of aliphatic hydroxyl groups excluding tert-OH is 2. The van der Waals surface area contributed by atoms with Crippen molar-refractivity contribution in [1.82, 2.24) is 0 Å². The van der Waals surface area contributed by atoms with Crippen molar-refractivity contribution in [3.8, 4) is 0 Å². The van der Waals surface area contributed by atoms with E-state index in [2.05, 4.69) is 0 Å². The van der Waals surface area contributed by atoms with Crippen LogP contribution in [-0.2, 0) is 18.9 Å². The monoisotopic (exact) mass is 358 g/mol. The first kappa shape index (κ1) is 17.6. The Morgan fingerprint density at radius 3 is 1.38 bits per heavy atom. The smallest absolute Gasteiger partial charge is 0.184 e. The third-order valence-electron chi connectivity index (χ3n) is 4.62. The van der Waals surface area contributed by atoms with Gasteiger partial charge in [0.15, 0.2) is 12.6 Å². The molecule has 0 bridgehead atoms. The Bertz CT molecular complexity index is 632. The lowest BCUT2D eigenvalue weighted by molar-refractivity contribution is -0.331. The zero-order valence-electron chi connectivity index (χ0n) is 14.2. The Labute approximate surface area is 151 Å². The highest BCUT2D eigenvalue weighted by atomic mass is 16.7. The lowest BCUT2D eigenvalue weighted by Gasteiger charge is -2.43. The van der Waals surface area contributed by atoms with Gasteiger partial charge in [0.05, 0.1) is 13.2 Å². The van der Waals surface area contributed by atoms with Crippen molar-refractivity contribution in [2.24, 2.45) is 0 Å². The van der Waals surface area contributed by atoms with E-state index in [-0.39, 0.29) is 13.2 Å². The van der Waals surface area contributed by atoms with Gasteiger partial charge in [-0.15, -0.1) is 0 Å². The van der Waals surface area contributed by atoms with Gasteiger partial charge in [-0.25, -0.2) is 0 Å². The van der Waals surface area contributed by atoms with Gasteiger partial charge in [-0.1, -0.05) is 60.7 Å². The SMILES string of the molecule is O[C@H]1COC(c2ccccc2)OC1[C@H]1OC(c2ccccc2)OC[C@@H]1O. The lowest BCUT2D eigenvalue weighted by atomic mass is 10.0. The number of ether oxygens (including phenoxy) is 4. The maximum absolute atomic E-state index is 10.4. The molecule has 26 heavy (non-hydrogen) atoms. The fourth-order valence-electron chi connectivity index (χ4n) is 3.27. The molecule has 6 heteroatoms. The summed E-state index contributed by atoms with van der Waals surface area (Å²) in [5.74, 6) is 0. The molecule has 6 atom stereocenters. The van der Waals surface area contributed by atoms with Crippen LogP contribution in [0.25, 0.3) is 0 Å². The molecule has 2 N–H and O–H groups in total. The third kappa shape index (κ3) is 3.66. The zero-order valence-corrected chi connectivity index (χ0v) is 14.2. The first-order chi connectivity index (χ1) is 12.7. The summed E-state index contributed by atoms with van der Waals surface area (Å²) in [6, 6.07) is 19.0. The van der Waals surface area contributed by atoms with Crippen molar-refractivity contribution in [2.75, 3.05) is 13.2 Å². The van der Waals surface area contributed by atoms with Crippen LogP contribution >= 0.6 is 0 Å². The Hall–Kier alpha value is -1.80. The van der Waals surface area contributed by atoms with Gasteiger partial charge in [0.1, 0.15) is 24.4 Å². The van der Waals surface area contributed by atoms with E-state index in [0.29, 0.717) is 0 Å². The first-order valence-corrected chi connectivity index (χ1v) is 8.72. The number of benzene rings is 2. The summed E-state index contributed by atoms with van der Waals surface area (Å²) < 4.78 is 23.1. The average Bonchev–Trinajstić information content (AvgIpc) is 2.70. The summed E-state index contributed by atoms with van der Waals surface area (Å²) in [5.41, 5.74) is 1.70. The Kier molecular flexibility index (Phi) is 5.31. The molecule has 0 radical (unpaired) electrons. The quantitative estimate of drug-likeness (QED) is 0.873. The van der Waals surface area contributed by atoms with Crippen LogP contribution in [0.15, 0.2) is 60.7 Å². The number of aliphatic hydroxyl groups is 2. The second-order valence-electron chi connectivity index (χ2n) is 6.49. The molecule has 2 aromatic rings. The fourth-order valence-corrected chi connectivity index (χ4v) is 3.27. The summed E-state index contributed by atoms with van der Waals surface area (Å²) in [5, 5.41) is 20.8. The largest absolute Gasteiger partial charge is 0.388 e. The predicted octanol–water partition coefficient (Wildman–Crippen LogP) is 1.94. The van der Waals surface area contributed by atoms with Crippen LogP contribution in [0.1, 0.15) is 23.7 Å². The molecule has 3 unspecified atom stereocenters. The fraction of sp³-hybridized carbons (Fsp3) is 0.400. The van der Waals surface area contributed by atoms with Crippen LogP contribution in [0.2, 0.25) is 0 Å². The Morgan fingerprint density at radius 1 is 0.615 bits per heavy atom. The highest BCUT2D eigenvalue weighted by Crippen LogP contribution is 2.34. The highest BCUT2D eigenvalue weighted by molar-refractivity contribution is 5.18. The molecule has 6 nitrogen and oxygen atoms in total. The van der Waals surface area contributed by atoms with Crippen molar-refractivity contribution >= 4 is 0 Å². The van der Waals surface area contributed by atoms with Crippen LogP contribution in [0.5, 0.6) is 0 Å². The van der Waals surface area contributed by atoms with E-state index in [1.165, 1.54) is 0 Å². The second-order valence-corrected chi connectivity index (χ2v) is 6.49. The topological polar surface area (TPSA) is 77.4 Å². The maximum atomic E-state index is 10.4. The van der Waals surface area contributed by atoms with Gasteiger partial charge in [0, 0.05) is 11.1 Å². The molecule has 0 aromatic heterocycles. The Morgan fingerprint density at radius 2 is 1.00 bits per heavy atom. The lowest BCUT2D eigenvalue weighted by Crippen LogP contribution is -2.55. The van der Waals surface area contributed by atoms with Gasteiger partial charge < -0.3 is 29.2 Å². The van der Waals surface area contributed by atoms with E-state index >= 15 is 0 Å². The maximum Gasteiger partial charge on any atom is 0.184 e. The Balaban J connectivity index is 1.51. The standard InChI is InChI=1S/C20H22O6/c21-15-11-23-19(13-7-3-1-4-8-13)25-17(15)18-16(22)12-24-20(26-18)14-9-5-2-6-10-14/h1-10,15-22H,11-12H2/t15-,16-,17-,18?,19?,20?/m0/s1. The third-order valence-corrected chi connectivity index (χ3v) is 4.62. The van der Waals surface area contributed by atoms with Gasteiger partial charge in [0.2, 0.25) is 0 Å². The summed E-state index contributed by atoms with van der Waals surface area (Å²) in [6.07, 6.45) is -4.47. The normalized spacial score (nSPS) is 35.2. The van der Waals surface area contributed by atoms with Gasteiger partial charge in [0.25, 0.3) is 0 Å². The molecule has 2 fully saturated rings. The van der Waals surface area contributed by atoms with Crippen molar-refractivity contribution in [3.05, 3.63) is 71.8 Å². The van der Waals surface area contributed by atoms with E-state index in [4.69, 9.17) is 18.9 Å². The van der Waals surface area contributed by atoms with E-state index in [9.17, 15) is 10.2 Å². The number of rotatable bonds is 3. The number of hydrogen-bond donors (Lipinski definition) is 2. The molecule has 0 spiro atoms. The molecule has 138 valence electrons. The molecule has 2 aliphatic heterocycles. The van der Waals surface area contributed by atoms with Crippen molar-refractivity contribution in [3.63, 3.8) is 0 Å². The van der Waals surface area contributed by atoms with E-state index < -0.39 is 37.0 Å². The molecule has 2 heterocycles. The summed E-state index contributed by atoms with van der Waals surface area (Å²) in [4.78, 5) is 0. The first-order valence-electron chi connectivity index (χ1n) is 8.72. The number of hydrogen-bond acceptors (Lipinski definition) is 6. The predicted molar refractivity (Wildman–Crippen MR) is 92.0 cm³/mol. The van der Waals surface area contributed by atoms with Crippen molar-refractivity contribution < 1.29 is 29.2 Å². The minimum absolute atomic E-state index is 0.105. The van der Waals surface area contributed by atoms with Gasteiger partial charge in [-0.05, 0) is 0 Å². The van der Waals surface area contributed by atoms with E-state index in [1.54, 1.807) is 0 Å². The summed E-state index contributed by atoms with van der Waals surface area (Å²) in [7, 11) is 0. The molecule has 2 saturated heterocycles. The summed E-state index contributed by atoms with van der Waals surface area (Å²) >= 11 is 0. The molecule has 0 aliphatic carbocycles. The molecular formula is C20H22O6. The zero-order chi connectivity index (χ0) is 17.9. The second kappa shape index (κ2) is 7.84. The van der Waals surface area contributed by atoms with Crippen LogP contribution in [0.4, 0.5) is 0 Å². The van der Waals surface area contributed by atoms with Crippen LogP contribution in [0, 0.1) is 0 Å². The van der Waals surface area contributed by atoms with Crippen LogP contribution < -0.4 is 0 Å². The van der Waals surface area contributed by atoms with Crippen molar-refractivity contribution in [1.29, 1.82) is 0 Å². The summed E-state index contributed by atoms with van der Waals surface area (Å²) in [6.45, 7) is 0.210. The molecule has 0 saturated carbocycles. The molecule has 0 amide bonds. The molecule has 2 aliphatic rings. The van der Waals surface area contributed by atoms with Crippen LogP contribution in [0.3, 0.4) is 0 Å². The van der Waals surface area contributed by atoms with Crippen LogP contribution in [-0.4, -0.2) is 47.8 Å². The van der Waals surface area contributed by atoms with Gasteiger partial charge in [-0.2, -0.15) is 0 Å². The van der Waals surface area contributed by atoms with Gasteiger partial charge >= 0.3 is 0 Å². The molecule has 2 aromatic carbocycles. The minimum atomic E-state index is -0.899. The van der Waals surface area contributed by atoms with E-state index in [1.807, 2.05) is 60.7 Å². The molecular weight excluding hydrogens is 336 g/mol. The van der Waals surface area contributed by atoms with E-state index in [0.717, 1.165) is 11.1 Å². The van der Waals surface area contributed by atoms with Crippen molar-refractivity contribution in [2.45, 2.75) is 37.0 Å². The highest BCUT2D eigenvalue weighted by Gasteiger charge is 2.44. The minimum Gasteiger partial charge on any atom is -0.388 e. The molecule has 4 rings (SSSR count). The van der Waals surface area contributed by atoms with Gasteiger partial charge in [-0.3, -0.25) is 0 Å².